The molecule has 0 unspecified atom stereocenters. The number of carboxylic acids is 1. The van der Waals surface area contributed by atoms with Gasteiger partial charge in [0.05, 0.1) is 5.92 Å². The highest BCUT2D eigenvalue weighted by Gasteiger charge is 2.41. The maximum atomic E-state index is 12.9. The predicted octanol–water partition coefficient (Wildman–Crippen LogP) is 3.87. The molecule has 2 aliphatic carbocycles. The number of likely N-dealkylation sites (tertiary alicyclic amines) is 1. The molecule has 0 spiro atoms. The Balaban J connectivity index is 1.16. The third kappa shape index (κ3) is 4.27. The fourth-order valence-electron chi connectivity index (χ4n) is 5.69. The molecule has 1 heterocycles. The van der Waals surface area contributed by atoms with Gasteiger partial charge in [-0.1, -0.05) is 61.4 Å². The molecule has 2 N–H and O–H groups in total. The lowest BCUT2D eigenvalue weighted by molar-refractivity contribution is -0.156. The number of amides is 2. The Morgan fingerprint density at radius 1 is 0.941 bits per heavy atom. The zero-order chi connectivity index (χ0) is 23.7. The average molecular weight is 463 g/mol. The van der Waals surface area contributed by atoms with E-state index in [4.69, 9.17) is 9.84 Å². The first-order valence-corrected chi connectivity index (χ1v) is 12.1. The number of nitrogens with zero attached hydrogens (tertiary/aromatic N) is 1. The number of rotatable bonds is 6. The molecule has 2 aromatic rings. The van der Waals surface area contributed by atoms with Crippen molar-refractivity contribution in [1.82, 2.24) is 10.2 Å². The summed E-state index contributed by atoms with van der Waals surface area (Å²) < 4.78 is 5.64. The quantitative estimate of drug-likeness (QED) is 0.679. The van der Waals surface area contributed by atoms with Gasteiger partial charge in [0.15, 0.2) is 0 Å². The lowest BCUT2D eigenvalue weighted by Crippen LogP contribution is -2.56. The zero-order valence-electron chi connectivity index (χ0n) is 19.1. The monoisotopic (exact) mass is 462 g/mol. The second kappa shape index (κ2) is 9.49. The van der Waals surface area contributed by atoms with Crippen LogP contribution in [-0.4, -0.2) is 54.2 Å². The number of fused-ring (bicyclic) bond motifs is 3. The first kappa shape index (κ1) is 22.4. The summed E-state index contributed by atoms with van der Waals surface area (Å²) in [7, 11) is 0. The van der Waals surface area contributed by atoms with E-state index in [-0.39, 0.29) is 43.4 Å². The van der Waals surface area contributed by atoms with Gasteiger partial charge < -0.3 is 20.1 Å². The number of aliphatic carboxylic acids is 1. The largest absolute Gasteiger partial charge is 0.481 e. The third-order valence-corrected chi connectivity index (χ3v) is 7.62. The number of hydrogen-bond donors (Lipinski definition) is 2. The van der Waals surface area contributed by atoms with Gasteiger partial charge in [-0.25, -0.2) is 4.79 Å². The van der Waals surface area contributed by atoms with Crippen molar-refractivity contribution in [2.24, 2.45) is 17.8 Å². The molecule has 1 aliphatic heterocycles. The fraction of sp³-hybridized carbons (Fsp3) is 0.444. The number of carboxylic acid groups (broad SMARTS) is 1. The van der Waals surface area contributed by atoms with E-state index in [0.717, 1.165) is 25.7 Å². The summed E-state index contributed by atoms with van der Waals surface area (Å²) in [5.74, 6) is -1.39. The van der Waals surface area contributed by atoms with Gasteiger partial charge in [-0.15, -0.1) is 0 Å². The van der Waals surface area contributed by atoms with Gasteiger partial charge >= 0.3 is 12.1 Å². The van der Waals surface area contributed by atoms with Crippen LogP contribution < -0.4 is 5.32 Å². The van der Waals surface area contributed by atoms with Crippen molar-refractivity contribution in [3.63, 3.8) is 0 Å². The SMILES string of the molecule is O=C(NC[C@@H]1CCCC[C@@H]1C(=O)N1CC(C(=O)O)C1)OCC1c2ccccc2-c2ccccc21. The van der Waals surface area contributed by atoms with Crippen LogP contribution in [0.5, 0.6) is 0 Å². The third-order valence-electron chi connectivity index (χ3n) is 7.62. The number of nitrogens with one attached hydrogen (secondary N) is 1. The van der Waals surface area contributed by atoms with Gasteiger partial charge in [-0.05, 0) is 41.0 Å². The second-order valence-electron chi connectivity index (χ2n) is 9.64. The summed E-state index contributed by atoms with van der Waals surface area (Å²) in [6.07, 6.45) is 3.20. The molecule has 7 heteroatoms. The van der Waals surface area contributed by atoms with E-state index < -0.39 is 18.0 Å². The van der Waals surface area contributed by atoms with Gasteiger partial charge in [0, 0.05) is 31.5 Å². The lowest BCUT2D eigenvalue weighted by Gasteiger charge is -2.41. The van der Waals surface area contributed by atoms with Gasteiger partial charge in [0.1, 0.15) is 6.61 Å². The summed E-state index contributed by atoms with van der Waals surface area (Å²) in [5.41, 5.74) is 4.71. The molecule has 2 amide bonds. The number of carbonyl (C=O) groups excluding carboxylic acids is 2. The molecular formula is C27H30N2O5. The van der Waals surface area contributed by atoms with Crippen LogP contribution in [0.2, 0.25) is 0 Å². The number of alkyl carbamates (subject to hydrolysis) is 1. The van der Waals surface area contributed by atoms with Crippen LogP contribution in [0.25, 0.3) is 11.1 Å². The Morgan fingerprint density at radius 2 is 1.56 bits per heavy atom. The highest BCUT2D eigenvalue weighted by molar-refractivity contribution is 5.83. The maximum Gasteiger partial charge on any atom is 0.407 e. The Bertz CT molecular complexity index is 1050. The van der Waals surface area contributed by atoms with Crippen LogP contribution in [0.3, 0.4) is 0 Å². The van der Waals surface area contributed by atoms with Crippen molar-refractivity contribution in [2.45, 2.75) is 31.6 Å². The molecule has 34 heavy (non-hydrogen) atoms. The summed E-state index contributed by atoms with van der Waals surface area (Å²) >= 11 is 0. The molecule has 7 nitrogen and oxygen atoms in total. The molecular weight excluding hydrogens is 432 g/mol. The summed E-state index contributed by atoms with van der Waals surface area (Å²) in [6, 6.07) is 16.4. The van der Waals surface area contributed by atoms with Gasteiger partial charge in [0.2, 0.25) is 5.91 Å². The molecule has 2 atom stereocenters. The highest BCUT2D eigenvalue weighted by atomic mass is 16.5. The molecule has 2 fully saturated rings. The number of hydrogen-bond acceptors (Lipinski definition) is 4. The average Bonchev–Trinajstić information content (AvgIpc) is 3.14. The summed E-state index contributed by atoms with van der Waals surface area (Å²) in [5, 5.41) is 12.0. The molecule has 0 bridgehead atoms. The first-order valence-electron chi connectivity index (χ1n) is 12.1. The molecule has 178 valence electrons. The molecule has 0 radical (unpaired) electrons. The molecule has 2 aromatic carbocycles. The molecule has 5 rings (SSSR count). The van der Waals surface area contributed by atoms with Gasteiger partial charge in [0.25, 0.3) is 0 Å². The van der Waals surface area contributed by atoms with Crippen molar-refractivity contribution >= 4 is 18.0 Å². The van der Waals surface area contributed by atoms with E-state index in [1.165, 1.54) is 22.3 Å². The summed E-state index contributed by atoms with van der Waals surface area (Å²) in [6.45, 7) is 1.23. The number of carbonyl (C=O) groups is 3. The van der Waals surface area contributed by atoms with Crippen LogP contribution in [0.1, 0.15) is 42.7 Å². The van der Waals surface area contributed by atoms with Gasteiger partial charge in [-0.3, -0.25) is 9.59 Å². The Labute approximate surface area is 199 Å². The van der Waals surface area contributed by atoms with E-state index >= 15 is 0 Å². The van der Waals surface area contributed by atoms with Crippen LogP contribution >= 0.6 is 0 Å². The number of benzene rings is 2. The molecule has 1 saturated carbocycles. The van der Waals surface area contributed by atoms with Gasteiger partial charge in [-0.2, -0.15) is 0 Å². The fourth-order valence-corrected chi connectivity index (χ4v) is 5.69. The van der Waals surface area contributed by atoms with E-state index in [0.29, 0.717) is 6.54 Å². The molecule has 0 aromatic heterocycles. The van der Waals surface area contributed by atoms with Crippen LogP contribution in [0, 0.1) is 17.8 Å². The predicted molar refractivity (Wildman–Crippen MR) is 126 cm³/mol. The topological polar surface area (TPSA) is 95.9 Å². The minimum atomic E-state index is -0.846. The maximum absolute atomic E-state index is 12.9. The Kier molecular flexibility index (Phi) is 6.26. The zero-order valence-corrected chi connectivity index (χ0v) is 19.1. The lowest BCUT2D eigenvalue weighted by atomic mass is 9.77. The van der Waals surface area contributed by atoms with Crippen LogP contribution in [-0.2, 0) is 14.3 Å². The van der Waals surface area contributed by atoms with Crippen molar-refractivity contribution in [2.75, 3.05) is 26.2 Å². The second-order valence-corrected chi connectivity index (χ2v) is 9.64. The minimum Gasteiger partial charge on any atom is -0.481 e. The van der Waals surface area contributed by atoms with Crippen molar-refractivity contribution in [1.29, 1.82) is 0 Å². The van der Waals surface area contributed by atoms with Crippen molar-refractivity contribution < 1.29 is 24.2 Å². The normalized spacial score (nSPS) is 21.8. The van der Waals surface area contributed by atoms with Crippen molar-refractivity contribution in [3.05, 3.63) is 59.7 Å². The first-order chi connectivity index (χ1) is 16.5. The highest BCUT2D eigenvalue weighted by Crippen LogP contribution is 2.44. The smallest absolute Gasteiger partial charge is 0.407 e. The molecule has 3 aliphatic rings. The van der Waals surface area contributed by atoms with E-state index in [9.17, 15) is 14.4 Å². The van der Waals surface area contributed by atoms with Crippen LogP contribution in [0.4, 0.5) is 4.79 Å². The standard InChI is InChI=1S/C27H30N2O5/c30-25(29-14-18(15-29)26(31)32)19-8-2-1-7-17(19)13-28-27(33)34-16-24-22-11-5-3-9-20(22)21-10-4-6-12-23(21)24/h3-6,9-12,17-19,24H,1-2,7-8,13-16H2,(H,28,33)(H,31,32)/t17-,19-/m0/s1. The number of ether oxygens (including phenoxy) is 1. The molecule has 1 saturated heterocycles. The van der Waals surface area contributed by atoms with E-state index in [2.05, 4.69) is 29.6 Å². The van der Waals surface area contributed by atoms with Crippen molar-refractivity contribution in [3.8, 4) is 11.1 Å². The minimum absolute atomic E-state index is 0.00996. The van der Waals surface area contributed by atoms with E-state index in [1.807, 2.05) is 24.3 Å². The Hall–Kier alpha value is -3.35. The van der Waals surface area contributed by atoms with E-state index in [1.54, 1.807) is 4.90 Å². The summed E-state index contributed by atoms with van der Waals surface area (Å²) in [4.78, 5) is 38.2. The van der Waals surface area contributed by atoms with Crippen LogP contribution in [0.15, 0.2) is 48.5 Å². The Morgan fingerprint density at radius 3 is 2.21 bits per heavy atom.